The van der Waals surface area contributed by atoms with Gasteiger partial charge in [-0.2, -0.15) is 0 Å². The molecule has 2 heterocycles. The summed E-state index contributed by atoms with van der Waals surface area (Å²) in [6.45, 7) is 2.23. The molecule has 1 aliphatic rings. The van der Waals surface area contributed by atoms with Crippen molar-refractivity contribution in [3.05, 3.63) is 64.1 Å². The SMILES string of the molecule is C(=C\c1cccc2ccccc12)/c1csc(C2CCNCC2)n1. The number of thiazole rings is 1. The Bertz CT molecular complexity index is 823. The Labute approximate surface area is 140 Å². The Morgan fingerprint density at radius 1 is 1.00 bits per heavy atom. The summed E-state index contributed by atoms with van der Waals surface area (Å²) in [5.41, 5.74) is 2.33. The highest BCUT2D eigenvalue weighted by molar-refractivity contribution is 7.09. The van der Waals surface area contributed by atoms with Gasteiger partial charge in [-0.1, -0.05) is 48.5 Å². The second-order valence-electron chi connectivity index (χ2n) is 6.04. The lowest BCUT2D eigenvalue weighted by Gasteiger charge is -2.20. The maximum absolute atomic E-state index is 4.83. The van der Waals surface area contributed by atoms with Crippen LogP contribution in [0.2, 0.25) is 0 Å². The zero-order chi connectivity index (χ0) is 15.5. The third-order valence-electron chi connectivity index (χ3n) is 4.49. The summed E-state index contributed by atoms with van der Waals surface area (Å²) in [5, 5.41) is 9.47. The lowest BCUT2D eigenvalue weighted by molar-refractivity contribution is 0.459. The number of aromatic nitrogens is 1. The van der Waals surface area contributed by atoms with Gasteiger partial charge in [0.15, 0.2) is 0 Å². The van der Waals surface area contributed by atoms with E-state index in [0.29, 0.717) is 5.92 Å². The molecule has 2 nitrogen and oxygen atoms in total. The molecular weight excluding hydrogens is 300 g/mol. The largest absolute Gasteiger partial charge is 0.317 e. The predicted molar refractivity (Wildman–Crippen MR) is 99.8 cm³/mol. The average molecular weight is 320 g/mol. The molecule has 23 heavy (non-hydrogen) atoms. The molecule has 1 N–H and O–H groups in total. The smallest absolute Gasteiger partial charge is 0.0964 e. The van der Waals surface area contributed by atoms with E-state index in [1.54, 1.807) is 11.3 Å². The van der Waals surface area contributed by atoms with E-state index in [1.807, 2.05) is 0 Å². The van der Waals surface area contributed by atoms with E-state index in [2.05, 4.69) is 65.3 Å². The number of nitrogens with zero attached hydrogens (tertiary/aromatic N) is 1. The second kappa shape index (κ2) is 6.65. The fraction of sp³-hybridized carbons (Fsp3) is 0.250. The van der Waals surface area contributed by atoms with Crippen LogP contribution in [0, 0.1) is 0 Å². The molecule has 2 aromatic carbocycles. The van der Waals surface area contributed by atoms with Gasteiger partial charge < -0.3 is 5.32 Å². The quantitative estimate of drug-likeness (QED) is 0.740. The molecule has 0 aliphatic carbocycles. The fourth-order valence-corrected chi connectivity index (χ4v) is 4.16. The zero-order valence-corrected chi connectivity index (χ0v) is 13.9. The highest BCUT2D eigenvalue weighted by atomic mass is 32.1. The molecule has 1 fully saturated rings. The molecule has 0 radical (unpaired) electrons. The molecule has 1 aliphatic heterocycles. The number of rotatable bonds is 3. The van der Waals surface area contributed by atoms with E-state index in [4.69, 9.17) is 4.98 Å². The Balaban J connectivity index is 1.57. The fourth-order valence-electron chi connectivity index (χ4n) is 3.20. The molecule has 4 rings (SSSR count). The first kappa shape index (κ1) is 14.6. The lowest BCUT2D eigenvalue weighted by Crippen LogP contribution is -2.26. The van der Waals surface area contributed by atoms with Crippen LogP contribution < -0.4 is 5.32 Å². The van der Waals surface area contributed by atoms with Crippen molar-refractivity contribution in [1.29, 1.82) is 0 Å². The summed E-state index contributed by atoms with van der Waals surface area (Å²) in [4.78, 5) is 4.83. The average Bonchev–Trinajstić information content (AvgIpc) is 3.10. The van der Waals surface area contributed by atoms with Crippen LogP contribution in [-0.2, 0) is 0 Å². The summed E-state index contributed by atoms with van der Waals surface area (Å²) < 4.78 is 0. The first-order valence-corrected chi connectivity index (χ1v) is 9.10. The van der Waals surface area contributed by atoms with Crippen LogP contribution >= 0.6 is 11.3 Å². The predicted octanol–water partition coefficient (Wildman–Crippen LogP) is 4.93. The number of hydrogen-bond donors (Lipinski definition) is 1. The summed E-state index contributed by atoms with van der Waals surface area (Å²) >= 11 is 1.80. The number of piperidine rings is 1. The van der Waals surface area contributed by atoms with E-state index in [1.165, 1.54) is 34.2 Å². The number of hydrogen-bond acceptors (Lipinski definition) is 3. The van der Waals surface area contributed by atoms with E-state index >= 15 is 0 Å². The molecular formula is C20H20N2S. The van der Waals surface area contributed by atoms with Crippen LogP contribution in [0.5, 0.6) is 0 Å². The van der Waals surface area contributed by atoms with Gasteiger partial charge in [-0.25, -0.2) is 4.98 Å². The van der Waals surface area contributed by atoms with Crippen molar-refractivity contribution in [2.75, 3.05) is 13.1 Å². The van der Waals surface area contributed by atoms with Gasteiger partial charge in [-0.3, -0.25) is 0 Å². The molecule has 1 saturated heterocycles. The molecule has 0 bridgehead atoms. The highest BCUT2D eigenvalue weighted by Gasteiger charge is 2.17. The summed E-state index contributed by atoms with van der Waals surface area (Å²) in [6.07, 6.45) is 6.74. The Morgan fingerprint density at radius 3 is 2.74 bits per heavy atom. The number of fused-ring (bicyclic) bond motifs is 1. The van der Waals surface area contributed by atoms with Gasteiger partial charge >= 0.3 is 0 Å². The van der Waals surface area contributed by atoms with Gasteiger partial charge in [0.1, 0.15) is 0 Å². The maximum Gasteiger partial charge on any atom is 0.0964 e. The molecule has 0 spiro atoms. The Hall–Kier alpha value is -1.97. The zero-order valence-electron chi connectivity index (χ0n) is 13.0. The third-order valence-corrected chi connectivity index (χ3v) is 5.51. The van der Waals surface area contributed by atoms with E-state index in [-0.39, 0.29) is 0 Å². The van der Waals surface area contributed by atoms with Gasteiger partial charge in [0.25, 0.3) is 0 Å². The first-order chi connectivity index (χ1) is 11.4. The van der Waals surface area contributed by atoms with Gasteiger partial charge in [-0.15, -0.1) is 11.3 Å². The van der Waals surface area contributed by atoms with Gasteiger partial charge in [0.05, 0.1) is 10.7 Å². The molecule has 3 aromatic rings. The standard InChI is InChI=1S/C20H20N2S/c1-2-7-19-15(4-1)5-3-6-16(19)8-9-18-14-23-20(22-18)17-10-12-21-13-11-17/h1-9,14,17,21H,10-13H2/b9-8+. The molecule has 0 unspecified atom stereocenters. The van der Waals surface area contributed by atoms with Crippen LogP contribution in [0.15, 0.2) is 47.8 Å². The van der Waals surface area contributed by atoms with Gasteiger partial charge in [-0.05, 0) is 48.3 Å². The lowest BCUT2D eigenvalue weighted by atomic mass is 9.99. The third kappa shape index (κ3) is 3.21. The minimum atomic E-state index is 0.640. The molecule has 0 saturated carbocycles. The van der Waals surface area contributed by atoms with Crippen molar-refractivity contribution < 1.29 is 0 Å². The van der Waals surface area contributed by atoms with Crippen molar-refractivity contribution in [1.82, 2.24) is 10.3 Å². The topological polar surface area (TPSA) is 24.9 Å². The van der Waals surface area contributed by atoms with Gasteiger partial charge in [0, 0.05) is 11.3 Å². The molecule has 0 amide bonds. The van der Waals surface area contributed by atoms with Crippen molar-refractivity contribution in [3.8, 4) is 0 Å². The molecule has 0 atom stereocenters. The van der Waals surface area contributed by atoms with Crippen LogP contribution in [0.25, 0.3) is 22.9 Å². The normalized spacial score (nSPS) is 16.3. The van der Waals surface area contributed by atoms with Crippen LogP contribution in [0.1, 0.15) is 35.0 Å². The Morgan fingerprint density at radius 2 is 1.83 bits per heavy atom. The van der Waals surface area contributed by atoms with Crippen molar-refractivity contribution in [2.24, 2.45) is 0 Å². The summed E-state index contributed by atoms with van der Waals surface area (Å²) in [6, 6.07) is 15.0. The molecule has 1 aromatic heterocycles. The van der Waals surface area contributed by atoms with Crippen molar-refractivity contribution in [3.63, 3.8) is 0 Å². The van der Waals surface area contributed by atoms with Crippen LogP contribution in [0.3, 0.4) is 0 Å². The minimum absolute atomic E-state index is 0.640. The monoisotopic (exact) mass is 320 g/mol. The van der Waals surface area contributed by atoms with E-state index in [9.17, 15) is 0 Å². The number of benzene rings is 2. The maximum atomic E-state index is 4.83. The second-order valence-corrected chi connectivity index (χ2v) is 6.93. The molecule has 116 valence electrons. The van der Waals surface area contributed by atoms with Crippen LogP contribution in [-0.4, -0.2) is 18.1 Å². The van der Waals surface area contributed by atoms with Crippen molar-refractivity contribution in [2.45, 2.75) is 18.8 Å². The number of nitrogens with one attached hydrogen (secondary N) is 1. The summed E-state index contributed by atoms with van der Waals surface area (Å²) in [7, 11) is 0. The minimum Gasteiger partial charge on any atom is -0.317 e. The molecule has 3 heteroatoms. The van der Waals surface area contributed by atoms with Crippen LogP contribution in [0.4, 0.5) is 0 Å². The van der Waals surface area contributed by atoms with E-state index < -0.39 is 0 Å². The van der Waals surface area contributed by atoms with E-state index in [0.717, 1.165) is 18.8 Å². The summed E-state index contributed by atoms with van der Waals surface area (Å²) in [5.74, 6) is 0.640. The van der Waals surface area contributed by atoms with Crippen molar-refractivity contribution >= 4 is 34.3 Å². The first-order valence-electron chi connectivity index (χ1n) is 8.22. The Kier molecular flexibility index (Phi) is 4.22. The van der Waals surface area contributed by atoms with Gasteiger partial charge in [0.2, 0.25) is 0 Å². The highest BCUT2D eigenvalue weighted by Crippen LogP contribution is 2.28.